The number of nitrogens with one attached hydrogen (secondary N) is 2. The van der Waals surface area contributed by atoms with Gasteiger partial charge in [-0.05, 0) is 44.2 Å². The first kappa shape index (κ1) is 20.1. The lowest BCUT2D eigenvalue weighted by molar-refractivity contribution is 0.0668. The first-order chi connectivity index (χ1) is 13.6. The van der Waals surface area contributed by atoms with E-state index in [-0.39, 0.29) is 18.5 Å². The minimum Gasteiger partial charge on any atom is -0.490 e. The van der Waals surface area contributed by atoms with Crippen LogP contribution in [0, 0.1) is 6.92 Å². The van der Waals surface area contributed by atoms with Gasteiger partial charge in [-0.15, -0.1) is 0 Å². The fourth-order valence-electron chi connectivity index (χ4n) is 3.32. The third-order valence-corrected chi connectivity index (χ3v) is 4.86. The molecule has 1 fully saturated rings. The van der Waals surface area contributed by atoms with E-state index in [0.717, 1.165) is 34.3 Å². The van der Waals surface area contributed by atoms with Crippen LogP contribution >= 0.6 is 0 Å². The summed E-state index contributed by atoms with van der Waals surface area (Å²) in [6.45, 7) is 0.100. The second kappa shape index (κ2) is 9.52. The molecule has 28 heavy (non-hydrogen) atoms. The normalized spacial score (nSPS) is 15.2. The summed E-state index contributed by atoms with van der Waals surface area (Å²) in [5.41, 5.74) is 2.19. The van der Waals surface area contributed by atoms with Crippen LogP contribution in [0.2, 0.25) is 0 Å². The molecule has 8 heteroatoms. The summed E-state index contributed by atoms with van der Waals surface area (Å²) in [7, 11) is 1.64. The smallest absolute Gasteiger partial charge is 0.319 e. The van der Waals surface area contributed by atoms with E-state index in [1.165, 1.54) is 25.2 Å². The highest BCUT2D eigenvalue weighted by molar-refractivity contribution is 5.79. The maximum absolute atomic E-state index is 12.9. The molecule has 0 bridgehead atoms. The average Bonchev–Trinajstić information content (AvgIpc) is 3.35. The fourth-order valence-corrected chi connectivity index (χ4v) is 3.32. The molecule has 1 aromatic heterocycles. The van der Waals surface area contributed by atoms with Crippen LogP contribution in [0.15, 0.2) is 35.6 Å². The SMILES string of the molecule is CN=C(NCc1ccc(C)cc1OC1CCCC1)NCc1nccn1C(F)F. The first-order valence-electron chi connectivity index (χ1n) is 9.57. The number of alkyl halides is 2. The third kappa shape index (κ3) is 5.21. The van der Waals surface area contributed by atoms with Gasteiger partial charge in [0.05, 0.1) is 12.6 Å². The van der Waals surface area contributed by atoms with Crippen molar-refractivity contribution in [2.24, 2.45) is 4.99 Å². The number of nitrogens with zero attached hydrogens (tertiary/aromatic N) is 3. The Labute approximate surface area is 164 Å². The Bertz CT molecular complexity index is 800. The summed E-state index contributed by atoms with van der Waals surface area (Å²) in [5, 5.41) is 6.24. The van der Waals surface area contributed by atoms with Gasteiger partial charge >= 0.3 is 6.55 Å². The summed E-state index contributed by atoms with van der Waals surface area (Å²) in [4.78, 5) is 8.12. The number of imidazole rings is 1. The zero-order chi connectivity index (χ0) is 19.9. The monoisotopic (exact) mass is 391 g/mol. The van der Waals surface area contributed by atoms with Crippen molar-refractivity contribution in [2.75, 3.05) is 7.05 Å². The fraction of sp³-hybridized carbons (Fsp3) is 0.500. The maximum atomic E-state index is 12.9. The zero-order valence-electron chi connectivity index (χ0n) is 16.3. The van der Waals surface area contributed by atoms with Crippen molar-refractivity contribution in [1.29, 1.82) is 0 Å². The first-order valence-corrected chi connectivity index (χ1v) is 9.57. The molecule has 152 valence electrons. The van der Waals surface area contributed by atoms with Gasteiger partial charge in [-0.1, -0.05) is 12.1 Å². The molecule has 6 nitrogen and oxygen atoms in total. The van der Waals surface area contributed by atoms with E-state index in [1.807, 2.05) is 19.1 Å². The van der Waals surface area contributed by atoms with Gasteiger partial charge in [0.1, 0.15) is 11.6 Å². The molecule has 1 saturated carbocycles. The van der Waals surface area contributed by atoms with E-state index in [2.05, 4.69) is 26.7 Å². The van der Waals surface area contributed by atoms with E-state index in [4.69, 9.17) is 4.74 Å². The molecule has 0 radical (unpaired) electrons. The van der Waals surface area contributed by atoms with Crippen molar-refractivity contribution in [3.8, 4) is 5.75 Å². The number of ether oxygens (including phenoxy) is 1. The highest BCUT2D eigenvalue weighted by atomic mass is 19.3. The molecular formula is C20H27F2N5O. The van der Waals surface area contributed by atoms with Crippen LogP contribution in [0.3, 0.4) is 0 Å². The van der Waals surface area contributed by atoms with Gasteiger partial charge < -0.3 is 15.4 Å². The van der Waals surface area contributed by atoms with Crippen LogP contribution in [0.25, 0.3) is 0 Å². The number of rotatable bonds is 7. The molecule has 0 atom stereocenters. The lowest BCUT2D eigenvalue weighted by Crippen LogP contribution is -2.37. The molecule has 0 amide bonds. The quantitative estimate of drug-likeness (QED) is 0.557. The molecule has 0 saturated heterocycles. The summed E-state index contributed by atoms with van der Waals surface area (Å²) in [6.07, 6.45) is 7.53. The lowest BCUT2D eigenvalue weighted by Gasteiger charge is -2.18. The van der Waals surface area contributed by atoms with Crippen LogP contribution in [0.5, 0.6) is 5.75 Å². The zero-order valence-corrected chi connectivity index (χ0v) is 16.3. The van der Waals surface area contributed by atoms with Crippen LogP contribution in [-0.2, 0) is 13.1 Å². The topological polar surface area (TPSA) is 63.5 Å². The molecule has 1 aromatic carbocycles. The summed E-state index contributed by atoms with van der Waals surface area (Å²) >= 11 is 0. The van der Waals surface area contributed by atoms with Gasteiger partial charge in [0.15, 0.2) is 5.96 Å². The standard InChI is InChI=1S/C20H27F2N5O/c1-14-7-8-15(17(11-14)28-16-5-3-4-6-16)12-25-20(23-2)26-13-18-24-9-10-27(18)19(21)22/h7-11,16,19H,3-6,12-13H2,1-2H3,(H2,23,25,26). The number of halogens is 2. The van der Waals surface area contributed by atoms with Crippen molar-refractivity contribution in [3.05, 3.63) is 47.5 Å². The number of guanidine groups is 1. The Morgan fingerprint density at radius 1 is 1.29 bits per heavy atom. The van der Waals surface area contributed by atoms with Crippen molar-refractivity contribution < 1.29 is 13.5 Å². The summed E-state index contributed by atoms with van der Waals surface area (Å²) < 4.78 is 32.9. The molecule has 0 spiro atoms. The molecule has 0 unspecified atom stereocenters. The number of hydrogen-bond donors (Lipinski definition) is 2. The minimum atomic E-state index is -2.61. The number of hydrogen-bond acceptors (Lipinski definition) is 3. The van der Waals surface area contributed by atoms with Crippen molar-refractivity contribution >= 4 is 5.96 Å². The van der Waals surface area contributed by atoms with E-state index < -0.39 is 6.55 Å². The van der Waals surface area contributed by atoms with Crippen molar-refractivity contribution in [1.82, 2.24) is 20.2 Å². The van der Waals surface area contributed by atoms with Gasteiger partial charge in [-0.3, -0.25) is 9.56 Å². The van der Waals surface area contributed by atoms with E-state index in [1.54, 1.807) is 7.05 Å². The second-order valence-corrected chi connectivity index (χ2v) is 6.94. The summed E-state index contributed by atoms with van der Waals surface area (Å²) in [6, 6.07) is 6.16. The van der Waals surface area contributed by atoms with Gasteiger partial charge in [0, 0.05) is 31.5 Å². The number of aryl methyl sites for hydroxylation is 1. The molecule has 3 rings (SSSR count). The van der Waals surface area contributed by atoms with E-state index >= 15 is 0 Å². The summed E-state index contributed by atoms with van der Waals surface area (Å²) in [5.74, 6) is 1.65. The third-order valence-electron chi connectivity index (χ3n) is 4.86. The molecule has 2 N–H and O–H groups in total. The average molecular weight is 391 g/mol. The lowest BCUT2D eigenvalue weighted by atomic mass is 10.1. The minimum absolute atomic E-state index is 0.149. The van der Waals surface area contributed by atoms with Crippen molar-refractivity contribution in [2.45, 2.75) is 58.3 Å². The Morgan fingerprint density at radius 3 is 2.75 bits per heavy atom. The number of aliphatic imine (C=N–C) groups is 1. The van der Waals surface area contributed by atoms with Crippen LogP contribution in [-0.4, -0.2) is 28.7 Å². The molecule has 1 heterocycles. The second-order valence-electron chi connectivity index (χ2n) is 6.94. The van der Waals surface area contributed by atoms with Gasteiger partial charge in [0.2, 0.25) is 0 Å². The maximum Gasteiger partial charge on any atom is 0.319 e. The van der Waals surface area contributed by atoms with Gasteiger partial charge in [-0.25, -0.2) is 4.98 Å². The number of benzene rings is 1. The Morgan fingerprint density at radius 2 is 2.04 bits per heavy atom. The number of aromatic nitrogens is 2. The van der Waals surface area contributed by atoms with E-state index in [9.17, 15) is 8.78 Å². The van der Waals surface area contributed by atoms with Crippen LogP contribution < -0.4 is 15.4 Å². The predicted octanol–water partition coefficient (Wildman–Crippen LogP) is 3.77. The largest absolute Gasteiger partial charge is 0.490 e. The molecular weight excluding hydrogens is 364 g/mol. The molecule has 1 aliphatic rings. The molecule has 1 aliphatic carbocycles. The predicted molar refractivity (Wildman–Crippen MR) is 105 cm³/mol. The Balaban J connectivity index is 1.59. The van der Waals surface area contributed by atoms with Crippen LogP contribution in [0.1, 0.15) is 49.2 Å². The Kier molecular flexibility index (Phi) is 6.84. The molecule has 0 aliphatic heterocycles. The van der Waals surface area contributed by atoms with Gasteiger partial charge in [0.25, 0.3) is 0 Å². The highest BCUT2D eigenvalue weighted by Crippen LogP contribution is 2.27. The Hall–Kier alpha value is -2.64. The molecule has 2 aromatic rings. The van der Waals surface area contributed by atoms with E-state index in [0.29, 0.717) is 12.5 Å². The highest BCUT2D eigenvalue weighted by Gasteiger charge is 2.18. The van der Waals surface area contributed by atoms with Crippen molar-refractivity contribution in [3.63, 3.8) is 0 Å². The van der Waals surface area contributed by atoms with Gasteiger partial charge in [-0.2, -0.15) is 8.78 Å². The van der Waals surface area contributed by atoms with Crippen LogP contribution in [0.4, 0.5) is 8.78 Å².